The van der Waals surface area contributed by atoms with Crippen molar-refractivity contribution >= 4 is 17.8 Å². The van der Waals surface area contributed by atoms with Gasteiger partial charge in [-0.3, -0.25) is 24.6 Å². The summed E-state index contributed by atoms with van der Waals surface area (Å²) in [5.41, 5.74) is -0.453. The maximum absolute atomic E-state index is 13.3. The summed E-state index contributed by atoms with van der Waals surface area (Å²) < 4.78 is 10.9. The van der Waals surface area contributed by atoms with E-state index in [1.165, 1.54) is 4.90 Å². The van der Waals surface area contributed by atoms with Gasteiger partial charge >= 0.3 is 5.97 Å². The van der Waals surface area contributed by atoms with Crippen molar-refractivity contribution < 1.29 is 23.9 Å². The van der Waals surface area contributed by atoms with E-state index in [2.05, 4.69) is 5.32 Å². The third-order valence-corrected chi connectivity index (χ3v) is 6.10. The molecule has 2 aliphatic rings. The normalized spacial score (nSPS) is 28.6. The van der Waals surface area contributed by atoms with Crippen LogP contribution >= 0.6 is 0 Å². The van der Waals surface area contributed by atoms with Crippen LogP contribution in [0.1, 0.15) is 51.6 Å². The summed E-state index contributed by atoms with van der Waals surface area (Å²) in [6.07, 6.45) is 2.03. The lowest BCUT2D eigenvalue weighted by Crippen LogP contribution is -2.56. The van der Waals surface area contributed by atoms with Crippen LogP contribution in [0.25, 0.3) is 0 Å². The highest BCUT2D eigenvalue weighted by Crippen LogP contribution is 2.52. The minimum atomic E-state index is -1.22. The van der Waals surface area contributed by atoms with Crippen LogP contribution in [-0.4, -0.2) is 48.5 Å². The number of esters is 1. The molecule has 29 heavy (non-hydrogen) atoms. The molecule has 0 radical (unpaired) electrons. The van der Waals surface area contributed by atoms with Gasteiger partial charge in [0, 0.05) is 18.2 Å². The van der Waals surface area contributed by atoms with Crippen LogP contribution in [0.5, 0.6) is 5.75 Å². The Hall–Kier alpha value is -2.41. The molecule has 0 bridgehead atoms. The Bertz CT molecular complexity index is 795. The van der Waals surface area contributed by atoms with E-state index in [-0.39, 0.29) is 25.0 Å². The molecule has 0 spiro atoms. The van der Waals surface area contributed by atoms with Crippen molar-refractivity contribution in [1.82, 2.24) is 10.2 Å². The molecule has 2 fully saturated rings. The molecule has 2 saturated heterocycles. The number of benzene rings is 1. The van der Waals surface area contributed by atoms with Gasteiger partial charge in [0.25, 0.3) is 0 Å². The van der Waals surface area contributed by atoms with Gasteiger partial charge in [-0.15, -0.1) is 0 Å². The second kappa shape index (κ2) is 8.53. The molecule has 4 atom stereocenters. The Morgan fingerprint density at radius 2 is 1.90 bits per heavy atom. The number of para-hydroxylation sites is 1. The van der Waals surface area contributed by atoms with Crippen molar-refractivity contribution in [3.8, 4) is 5.75 Å². The van der Waals surface area contributed by atoms with Crippen LogP contribution in [0.2, 0.25) is 0 Å². The van der Waals surface area contributed by atoms with E-state index in [9.17, 15) is 14.4 Å². The fourth-order valence-electron chi connectivity index (χ4n) is 4.80. The Balaban J connectivity index is 2.16. The number of amides is 2. The molecule has 1 aromatic carbocycles. The van der Waals surface area contributed by atoms with Crippen LogP contribution < -0.4 is 10.1 Å². The first-order chi connectivity index (χ1) is 14.0. The zero-order valence-corrected chi connectivity index (χ0v) is 17.6. The molecule has 1 aromatic rings. The summed E-state index contributed by atoms with van der Waals surface area (Å²) in [6.45, 7) is 6.06. The summed E-state index contributed by atoms with van der Waals surface area (Å²) in [5.74, 6) is -1.82. The zero-order chi connectivity index (χ0) is 21.2. The topological polar surface area (TPSA) is 84.9 Å². The number of carbonyl (C=O) groups excluding carboxylic acids is 3. The predicted molar refractivity (Wildman–Crippen MR) is 107 cm³/mol. The van der Waals surface area contributed by atoms with E-state index in [4.69, 9.17) is 9.47 Å². The first-order valence-electron chi connectivity index (χ1n) is 10.4. The molecule has 0 unspecified atom stereocenters. The van der Waals surface area contributed by atoms with Gasteiger partial charge in [-0.2, -0.15) is 0 Å². The standard InChI is InChI=1S/C22H30N2O5/c1-5-8-13-22(21(27)29-7-3)17-16(19(25)24(6-2)20(17)26)18(23-22)14-11-9-10-12-15(14)28-4/h9-12,16-18,23H,5-8,13H2,1-4H3/t16-,17+,18-,22-/m0/s1. The van der Waals surface area contributed by atoms with E-state index in [1.807, 2.05) is 31.2 Å². The van der Waals surface area contributed by atoms with Gasteiger partial charge in [0.2, 0.25) is 11.8 Å². The molecule has 0 aliphatic carbocycles. The summed E-state index contributed by atoms with van der Waals surface area (Å²) in [6, 6.07) is 6.90. The molecule has 2 amide bonds. The lowest BCUT2D eigenvalue weighted by molar-refractivity contribution is -0.156. The smallest absolute Gasteiger partial charge is 0.327 e. The number of rotatable bonds is 8. The van der Waals surface area contributed by atoms with Gasteiger partial charge in [0.15, 0.2) is 0 Å². The number of methoxy groups -OCH3 is 1. The lowest BCUT2D eigenvalue weighted by atomic mass is 9.76. The summed E-state index contributed by atoms with van der Waals surface area (Å²) >= 11 is 0. The number of nitrogens with zero attached hydrogens (tertiary/aromatic N) is 1. The summed E-state index contributed by atoms with van der Waals surface area (Å²) in [4.78, 5) is 41.0. The highest BCUT2D eigenvalue weighted by molar-refractivity contribution is 6.09. The molecule has 7 nitrogen and oxygen atoms in total. The van der Waals surface area contributed by atoms with Crippen LogP contribution in [0.4, 0.5) is 0 Å². The monoisotopic (exact) mass is 402 g/mol. The molecule has 2 heterocycles. The average molecular weight is 402 g/mol. The molecule has 158 valence electrons. The largest absolute Gasteiger partial charge is 0.496 e. The minimum absolute atomic E-state index is 0.213. The molecule has 1 N–H and O–H groups in total. The highest BCUT2D eigenvalue weighted by Gasteiger charge is 2.68. The number of imide groups is 1. The van der Waals surface area contributed by atoms with Crippen LogP contribution in [0.15, 0.2) is 24.3 Å². The zero-order valence-electron chi connectivity index (χ0n) is 17.6. The average Bonchev–Trinajstić information content (AvgIpc) is 3.20. The van der Waals surface area contributed by atoms with Gasteiger partial charge in [-0.1, -0.05) is 38.0 Å². The van der Waals surface area contributed by atoms with Crippen molar-refractivity contribution in [3.63, 3.8) is 0 Å². The third-order valence-electron chi connectivity index (χ3n) is 6.10. The fraction of sp³-hybridized carbons (Fsp3) is 0.591. The Morgan fingerprint density at radius 1 is 1.17 bits per heavy atom. The Labute approximate surface area is 171 Å². The second-order valence-corrected chi connectivity index (χ2v) is 7.58. The van der Waals surface area contributed by atoms with Crippen LogP contribution in [0.3, 0.4) is 0 Å². The van der Waals surface area contributed by atoms with Gasteiger partial charge < -0.3 is 9.47 Å². The van der Waals surface area contributed by atoms with E-state index in [0.717, 1.165) is 18.4 Å². The van der Waals surface area contributed by atoms with E-state index < -0.39 is 29.4 Å². The predicted octanol–water partition coefficient (Wildman–Crippen LogP) is 2.45. The number of fused-ring (bicyclic) bond motifs is 1. The number of carbonyl (C=O) groups is 3. The van der Waals surface area contributed by atoms with Gasteiger partial charge in [-0.05, 0) is 26.3 Å². The summed E-state index contributed by atoms with van der Waals surface area (Å²) in [5, 5.41) is 3.40. The van der Waals surface area contributed by atoms with E-state index in [0.29, 0.717) is 12.2 Å². The number of nitrogens with one attached hydrogen (secondary N) is 1. The first-order valence-corrected chi connectivity index (χ1v) is 10.4. The number of hydrogen-bond donors (Lipinski definition) is 1. The molecule has 0 saturated carbocycles. The molecule has 7 heteroatoms. The Morgan fingerprint density at radius 3 is 2.52 bits per heavy atom. The lowest BCUT2D eigenvalue weighted by Gasteiger charge is -2.33. The van der Waals surface area contributed by atoms with Crippen molar-refractivity contribution in [1.29, 1.82) is 0 Å². The van der Waals surface area contributed by atoms with Gasteiger partial charge in [-0.25, -0.2) is 0 Å². The van der Waals surface area contributed by atoms with Crippen LogP contribution in [0, 0.1) is 11.8 Å². The molecule has 2 aliphatic heterocycles. The van der Waals surface area contributed by atoms with Gasteiger partial charge in [0.05, 0.1) is 25.6 Å². The summed E-state index contributed by atoms with van der Waals surface area (Å²) in [7, 11) is 1.57. The quantitative estimate of drug-likeness (QED) is 0.531. The van der Waals surface area contributed by atoms with Crippen molar-refractivity contribution in [2.45, 2.75) is 51.6 Å². The minimum Gasteiger partial charge on any atom is -0.496 e. The van der Waals surface area contributed by atoms with Crippen molar-refractivity contribution in [3.05, 3.63) is 29.8 Å². The first kappa shape index (κ1) is 21.3. The number of ether oxygens (including phenoxy) is 2. The SMILES string of the molecule is CCCC[C@]1(C(=O)OCC)N[C@@H](c2ccccc2OC)[C@H]2C(=O)N(CC)C(=O)[C@@H]21. The fourth-order valence-corrected chi connectivity index (χ4v) is 4.80. The third kappa shape index (κ3) is 3.31. The molecule has 0 aromatic heterocycles. The number of hydrogen-bond acceptors (Lipinski definition) is 6. The molecular formula is C22H30N2O5. The second-order valence-electron chi connectivity index (χ2n) is 7.58. The highest BCUT2D eigenvalue weighted by atomic mass is 16.5. The van der Waals surface area contributed by atoms with Crippen molar-refractivity contribution in [2.24, 2.45) is 11.8 Å². The van der Waals surface area contributed by atoms with E-state index >= 15 is 0 Å². The number of unbranched alkanes of at least 4 members (excludes halogenated alkanes) is 1. The molecule has 3 rings (SSSR count). The molecular weight excluding hydrogens is 372 g/mol. The van der Waals surface area contributed by atoms with Crippen LogP contribution in [-0.2, 0) is 19.1 Å². The number of likely N-dealkylation sites (tertiary alicyclic amines) is 1. The maximum Gasteiger partial charge on any atom is 0.327 e. The maximum atomic E-state index is 13.3. The van der Waals surface area contributed by atoms with E-state index in [1.54, 1.807) is 21.0 Å². The van der Waals surface area contributed by atoms with Gasteiger partial charge in [0.1, 0.15) is 11.3 Å². The Kier molecular flexibility index (Phi) is 6.27. The van der Waals surface area contributed by atoms with Crippen molar-refractivity contribution in [2.75, 3.05) is 20.3 Å².